The van der Waals surface area contributed by atoms with Crippen LogP contribution in [0.15, 0.2) is 18.2 Å². The van der Waals surface area contributed by atoms with Crippen molar-refractivity contribution in [3.63, 3.8) is 0 Å². The van der Waals surface area contributed by atoms with Crippen molar-refractivity contribution in [3.8, 4) is 0 Å². The molecule has 1 heterocycles. The Kier molecular flexibility index (Phi) is 3.79. The topological polar surface area (TPSA) is 29.3 Å². The molecule has 1 aromatic rings. The van der Waals surface area contributed by atoms with E-state index in [1.807, 2.05) is 13.0 Å². The summed E-state index contributed by atoms with van der Waals surface area (Å²) in [5.41, 5.74) is 8.25. The molecule has 3 heteroatoms. The van der Waals surface area contributed by atoms with Crippen LogP contribution < -0.4 is 5.73 Å². The van der Waals surface area contributed by atoms with E-state index >= 15 is 0 Å². The largest absolute Gasteiger partial charge is 0.327 e. The molecule has 2 N–H and O–H groups in total. The quantitative estimate of drug-likeness (QED) is 0.853. The van der Waals surface area contributed by atoms with E-state index in [1.165, 1.54) is 6.07 Å². The zero-order valence-electron chi connectivity index (χ0n) is 10.6. The summed E-state index contributed by atoms with van der Waals surface area (Å²) in [4.78, 5) is 2.37. The number of rotatable bonds is 2. The van der Waals surface area contributed by atoms with Gasteiger partial charge in [0.05, 0.1) is 0 Å². The van der Waals surface area contributed by atoms with Crippen LogP contribution >= 0.6 is 0 Å². The standard InChI is InChI=1S/C14H21FN2/c1-10-3-4-13(15)7-12(10)9-17-6-5-14(16)11(2)8-17/h3-4,7,11,14H,5-6,8-9,16H2,1-2H3. The Morgan fingerprint density at radius 1 is 1.47 bits per heavy atom. The molecule has 0 radical (unpaired) electrons. The predicted molar refractivity (Wildman–Crippen MR) is 68.2 cm³/mol. The highest BCUT2D eigenvalue weighted by atomic mass is 19.1. The minimum atomic E-state index is -0.146. The minimum Gasteiger partial charge on any atom is -0.327 e. The van der Waals surface area contributed by atoms with Crippen molar-refractivity contribution in [2.75, 3.05) is 13.1 Å². The molecule has 0 aromatic heterocycles. The molecular weight excluding hydrogens is 215 g/mol. The Bertz CT molecular complexity index is 392. The lowest BCUT2D eigenvalue weighted by atomic mass is 9.94. The summed E-state index contributed by atoms with van der Waals surface area (Å²) in [6.45, 7) is 7.09. The van der Waals surface area contributed by atoms with Gasteiger partial charge in [-0.3, -0.25) is 4.90 Å². The van der Waals surface area contributed by atoms with Gasteiger partial charge in [0.15, 0.2) is 0 Å². The lowest BCUT2D eigenvalue weighted by Crippen LogP contribution is -2.45. The molecule has 0 amide bonds. The van der Waals surface area contributed by atoms with Crippen LogP contribution in [0.4, 0.5) is 4.39 Å². The van der Waals surface area contributed by atoms with E-state index in [2.05, 4.69) is 11.8 Å². The Morgan fingerprint density at radius 3 is 2.94 bits per heavy atom. The van der Waals surface area contributed by atoms with Gasteiger partial charge in [-0.25, -0.2) is 4.39 Å². The van der Waals surface area contributed by atoms with Gasteiger partial charge in [0.1, 0.15) is 5.82 Å². The van der Waals surface area contributed by atoms with Crippen LogP contribution in [0.3, 0.4) is 0 Å². The maximum atomic E-state index is 13.2. The molecule has 0 saturated carbocycles. The summed E-state index contributed by atoms with van der Waals surface area (Å²) in [5, 5.41) is 0. The van der Waals surface area contributed by atoms with Gasteiger partial charge in [-0.2, -0.15) is 0 Å². The summed E-state index contributed by atoms with van der Waals surface area (Å²) in [6.07, 6.45) is 1.04. The number of nitrogens with zero attached hydrogens (tertiary/aromatic N) is 1. The van der Waals surface area contributed by atoms with Crippen molar-refractivity contribution in [1.29, 1.82) is 0 Å². The van der Waals surface area contributed by atoms with Crippen LogP contribution in [0, 0.1) is 18.7 Å². The van der Waals surface area contributed by atoms with E-state index < -0.39 is 0 Å². The van der Waals surface area contributed by atoms with Crippen molar-refractivity contribution >= 4 is 0 Å². The zero-order chi connectivity index (χ0) is 12.4. The van der Waals surface area contributed by atoms with Gasteiger partial charge in [0.25, 0.3) is 0 Å². The van der Waals surface area contributed by atoms with Gasteiger partial charge in [0.2, 0.25) is 0 Å². The Morgan fingerprint density at radius 2 is 2.24 bits per heavy atom. The normalized spacial score (nSPS) is 26.1. The van der Waals surface area contributed by atoms with Crippen LogP contribution in [-0.4, -0.2) is 24.0 Å². The maximum Gasteiger partial charge on any atom is 0.123 e. The van der Waals surface area contributed by atoms with Crippen molar-refractivity contribution < 1.29 is 4.39 Å². The molecular formula is C14H21FN2. The van der Waals surface area contributed by atoms with Crippen LogP contribution in [0.5, 0.6) is 0 Å². The zero-order valence-corrected chi connectivity index (χ0v) is 10.6. The molecule has 0 aliphatic carbocycles. The van der Waals surface area contributed by atoms with E-state index in [9.17, 15) is 4.39 Å². The van der Waals surface area contributed by atoms with E-state index in [1.54, 1.807) is 6.07 Å². The van der Waals surface area contributed by atoms with Crippen LogP contribution in [0.2, 0.25) is 0 Å². The van der Waals surface area contributed by atoms with E-state index in [-0.39, 0.29) is 5.82 Å². The first kappa shape index (κ1) is 12.5. The van der Waals surface area contributed by atoms with Gasteiger partial charge < -0.3 is 5.73 Å². The number of likely N-dealkylation sites (tertiary alicyclic amines) is 1. The third-order valence-electron chi connectivity index (χ3n) is 3.76. The second-order valence-electron chi connectivity index (χ2n) is 5.24. The molecule has 1 saturated heterocycles. The van der Waals surface area contributed by atoms with Gasteiger partial charge >= 0.3 is 0 Å². The molecule has 2 unspecified atom stereocenters. The molecule has 94 valence electrons. The van der Waals surface area contributed by atoms with Crippen molar-refractivity contribution in [3.05, 3.63) is 35.1 Å². The van der Waals surface area contributed by atoms with Gasteiger partial charge in [0, 0.05) is 19.1 Å². The molecule has 1 aliphatic heterocycles. The fourth-order valence-electron chi connectivity index (χ4n) is 2.45. The molecule has 1 fully saturated rings. The lowest BCUT2D eigenvalue weighted by Gasteiger charge is -2.35. The monoisotopic (exact) mass is 236 g/mol. The number of nitrogens with two attached hydrogens (primary N) is 1. The molecule has 17 heavy (non-hydrogen) atoms. The SMILES string of the molecule is Cc1ccc(F)cc1CN1CCC(N)C(C)C1. The molecule has 0 spiro atoms. The number of hydrogen-bond donors (Lipinski definition) is 1. The highest BCUT2D eigenvalue weighted by Gasteiger charge is 2.23. The van der Waals surface area contributed by atoms with Crippen LogP contribution in [0.1, 0.15) is 24.5 Å². The summed E-state index contributed by atoms with van der Waals surface area (Å²) in [7, 11) is 0. The van der Waals surface area contributed by atoms with Crippen molar-refractivity contribution in [2.45, 2.75) is 32.9 Å². The third-order valence-corrected chi connectivity index (χ3v) is 3.76. The molecule has 2 atom stereocenters. The van der Waals surface area contributed by atoms with E-state index in [0.717, 1.165) is 37.2 Å². The highest BCUT2D eigenvalue weighted by Crippen LogP contribution is 2.19. The summed E-state index contributed by atoms with van der Waals surface area (Å²) in [5.74, 6) is 0.380. The predicted octanol–water partition coefficient (Wildman–Crippen LogP) is 2.30. The summed E-state index contributed by atoms with van der Waals surface area (Å²) >= 11 is 0. The fraction of sp³-hybridized carbons (Fsp3) is 0.571. The van der Waals surface area contributed by atoms with Gasteiger partial charge in [-0.1, -0.05) is 13.0 Å². The first-order valence-electron chi connectivity index (χ1n) is 6.29. The summed E-state index contributed by atoms with van der Waals surface area (Å²) in [6, 6.07) is 5.34. The maximum absolute atomic E-state index is 13.2. The van der Waals surface area contributed by atoms with Crippen LogP contribution in [0.25, 0.3) is 0 Å². The van der Waals surface area contributed by atoms with E-state index in [0.29, 0.717) is 12.0 Å². The molecule has 2 nitrogen and oxygen atoms in total. The number of halogens is 1. The average molecular weight is 236 g/mol. The fourth-order valence-corrected chi connectivity index (χ4v) is 2.45. The first-order valence-corrected chi connectivity index (χ1v) is 6.29. The molecule has 2 rings (SSSR count). The number of benzene rings is 1. The average Bonchev–Trinajstić information content (AvgIpc) is 2.29. The Hall–Kier alpha value is -0.930. The van der Waals surface area contributed by atoms with Crippen LogP contribution in [-0.2, 0) is 6.54 Å². The van der Waals surface area contributed by atoms with Gasteiger partial charge in [-0.15, -0.1) is 0 Å². The Labute approximate surface area is 103 Å². The molecule has 1 aliphatic rings. The second-order valence-corrected chi connectivity index (χ2v) is 5.24. The molecule has 0 bridgehead atoms. The van der Waals surface area contributed by atoms with E-state index in [4.69, 9.17) is 5.73 Å². The minimum absolute atomic E-state index is 0.146. The summed E-state index contributed by atoms with van der Waals surface area (Å²) < 4.78 is 13.2. The lowest BCUT2D eigenvalue weighted by molar-refractivity contribution is 0.157. The van der Waals surface area contributed by atoms with Crippen molar-refractivity contribution in [2.24, 2.45) is 11.7 Å². The Balaban J connectivity index is 2.03. The smallest absolute Gasteiger partial charge is 0.123 e. The van der Waals surface area contributed by atoms with Gasteiger partial charge in [-0.05, 0) is 49.1 Å². The number of piperidine rings is 1. The highest BCUT2D eigenvalue weighted by molar-refractivity contribution is 5.26. The first-order chi connectivity index (χ1) is 8.06. The van der Waals surface area contributed by atoms with Crippen molar-refractivity contribution in [1.82, 2.24) is 4.90 Å². The molecule has 1 aromatic carbocycles. The second kappa shape index (κ2) is 5.15. The third kappa shape index (κ3) is 3.05. The number of hydrogen-bond acceptors (Lipinski definition) is 2. The number of aryl methyl sites for hydroxylation is 1.